The van der Waals surface area contributed by atoms with Gasteiger partial charge in [-0.2, -0.15) is 0 Å². The second kappa shape index (κ2) is 7.54. The lowest BCUT2D eigenvalue weighted by molar-refractivity contribution is -0.105. The SMILES string of the molecule is COc1cc(-c2cn(C3CCOC3)c3cnc(NC=O)cc23)nc2c1COC21CCOC1. The van der Waals surface area contributed by atoms with E-state index in [4.69, 9.17) is 23.9 Å². The maximum absolute atomic E-state index is 11.0. The van der Waals surface area contributed by atoms with E-state index in [1.54, 1.807) is 13.3 Å². The normalized spacial score (nSPS) is 24.3. The van der Waals surface area contributed by atoms with Crippen molar-refractivity contribution in [2.45, 2.75) is 31.1 Å². The number of nitrogens with one attached hydrogen (secondary N) is 1. The summed E-state index contributed by atoms with van der Waals surface area (Å²) in [4.78, 5) is 20.5. The Balaban J connectivity index is 1.56. The standard InChI is InChI=1S/C23H24N4O5/c1-29-20-7-18(26-22-17(20)11-32-23(22)3-5-31-12-23)16-9-27(14-2-4-30-10-14)19-8-24-21(25-13-28)6-15(16)19/h6-9,13-14H,2-5,10-12H2,1H3,(H,24,25,28). The van der Waals surface area contributed by atoms with Crippen LogP contribution in [0.1, 0.15) is 30.1 Å². The number of carbonyl (C=O) groups is 1. The van der Waals surface area contributed by atoms with Crippen LogP contribution in [-0.2, 0) is 31.2 Å². The summed E-state index contributed by atoms with van der Waals surface area (Å²) < 4.78 is 25.4. The van der Waals surface area contributed by atoms with E-state index in [0.29, 0.717) is 38.7 Å². The number of carbonyl (C=O) groups excluding carboxylic acids is 1. The number of pyridine rings is 2. The molecule has 2 unspecified atom stereocenters. The van der Waals surface area contributed by atoms with Gasteiger partial charge in [0.05, 0.1) is 56.1 Å². The molecule has 3 aliphatic rings. The molecule has 9 nitrogen and oxygen atoms in total. The first kappa shape index (κ1) is 19.7. The maximum atomic E-state index is 11.0. The second-order valence-electron chi connectivity index (χ2n) is 8.44. The van der Waals surface area contributed by atoms with Crippen LogP contribution in [-0.4, -0.2) is 54.5 Å². The molecule has 6 rings (SSSR count). The van der Waals surface area contributed by atoms with Crippen LogP contribution in [0.3, 0.4) is 0 Å². The van der Waals surface area contributed by atoms with Crippen molar-refractivity contribution in [3.8, 4) is 17.0 Å². The Bertz CT molecular complexity index is 1190. The summed E-state index contributed by atoms with van der Waals surface area (Å²) in [6.45, 7) is 3.02. The van der Waals surface area contributed by atoms with Gasteiger partial charge < -0.3 is 28.8 Å². The van der Waals surface area contributed by atoms with Crippen molar-refractivity contribution in [1.29, 1.82) is 0 Å². The highest BCUT2D eigenvalue weighted by atomic mass is 16.6. The first-order chi connectivity index (χ1) is 15.7. The first-order valence-electron chi connectivity index (χ1n) is 10.8. The van der Waals surface area contributed by atoms with Crippen LogP contribution >= 0.6 is 0 Å². The predicted octanol–water partition coefficient (Wildman–Crippen LogP) is 2.78. The zero-order valence-corrected chi connectivity index (χ0v) is 17.8. The Morgan fingerprint density at radius 2 is 2.25 bits per heavy atom. The largest absolute Gasteiger partial charge is 0.496 e. The van der Waals surface area contributed by atoms with Gasteiger partial charge in [0.15, 0.2) is 0 Å². The molecule has 2 saturated heterocycles. The van der Waals surface area contributed by atoms with Crippen molar-refractivity contribution in [1.82, 2.24) is 14.5 Å². The van der Waals surface area contributed by atoms with Crippen LogP contribution in [0.5, 0.6) is 5.75 Å². The fraction of sp³-hybridized carbons (Fsp3) is 0.435. The monoisotopic (exact) mass is 436 g/mol. The average Bonchev–Trinajstić information content (AvgIpc) is 3.61. The molecular weight excluding hydrogens is 412 g/mol. The Morgan fingerprint density at radius 1 is 1.31 bits per heavy atom. The summed E-state index contributed by atoms with van der Waals surface area (Å²) >= 11 is 0. The third-order valence-electron chi connectivity index (χ3n) is 6.71. The van der Waals surface area contributed by atoms with Crippen molar-refractivity contribution in [3.05, 3.63) is 35.8 Å². The summed E-state index contributed by atoms with van der Waals surface area (Å²) in [5.41, 5.74) is 4.09. The average molecular weight is 436 g/mol. The summed E-state index contributed by atoms with van der Waals surface area (Å²) in [6.07, 6.45) is 6.25. The van der Waals surface area contributed by atoms with Gasteiger partial charge in [0.2, 0.25) is 6.41 Å². The van der Waals surface area contributed by atoms with Gasteiger partial charge in [-0.05, 0) is 12.5 Å². The lowest BCUT2D eigenvalue weighted by Crippen LogP contribution is -2.26. The number of amides is 1. The summed E-state index contributed by atoms with van der Waals surface area (Å²) in [5, 5.41) is 3.61. The van der Waals surface area contributed by atoms with Gasteiger partial charge in [0, 0.05) is 48.4 Å². The highest BCUT2D eigenvalue weighted by molar-refractivity contribution is 5.97. The number of ether oxygens (including phenoxy) is 4. The van der Waals surface area contributed by atoms with Gasteiger partial charge in [0.25, 0.3) is 0 Å². The van der Waals surface area contributed by atoms with E-state index >= 15 is 0 Å². The van der Waals surface area contributed by atoms with Crippen molar-refractivity contribution in [2.24, 2.45) is 0 Å². The number of nitrogens with zero attached hydrogens (tertiary/aromatic N) is 3. The van der Waals surface area contributed by atoms with Crippen LogP contribution < -0.4 is 10.1 Å². The molecule has 0 radical (unpaired) electrons. The summed E-state index contributed by atoms with van der Waals surface area (Å²) in [5.74, 6) is 1.26. The molecule has 3 aliphatic heterocycles. The molecule has 166 valence electrons. The van der Waals surface area contributed by atoms with Gasteiger partial charge in [-0.15, -0.1) is 0 Å². The number of fused-ring (bicyclic) bond motifs is 3. The smallest absolute Gasteiger partial charge is 0.212 e. The van der Waals surface area contributed by atoms with E-state index in [0.717, 1.165) is 58.6 Å². The molecule has 1 spiro atoms. The molecule has 6 heterocycles. The predicted molar refractivity (Wildman–Crippen MR) is 116 cm³/mol. The molecule has 1 N–H and O–H groups in total. The minimum atomic E-state index is -0.512. The molecule has 0 bridgehead atoms. The van der Waals surface area contributed by atoms with Crippen LogP contribution in [0.2, 0.25) is 0 Å². The summed E-state index contributed by atoms with van der Waals surface area (Å²) in [6, 6.07) is 4.08. The Labute approximate surface area is 184 Å². The molecule has 9 heteroatoms. The van der Waals surface area contributed by atoms with Crippen molar-refractivity contribution in [3.63, 3.8) is 0 Å². The number of hydrogen-bond acceptors (Lipinski definition) is 7. The van der Waals surface area contributed by atoms with Crippen LogP contribution in [0.4, 0.5) is 5.82 Å². The molecule has 0 aliphatic carbocycles. The van der Waals surface area contributed by atoms with Crippen molar-refractivity contribution in [2.75, 3.05) is 38.9 Å². The number of methoxy groups -OCH3 is 1. The first-order valence-corrected chi connectivity index (χ1v) is 10.8. The molecule has 3 aromatic rings. The maximum Gasteiger partial charge on any atom is 0.212 e. The van der Waals surface area contributed by atoms with Gasteiger partial charge in [0.1, 0.15) is 17.2 Å². The molecule has 0 saturated carbocycles. The number of rotatable bonds is 5. The van der Waals surface area contributed by atoms with Crippen LogP contribution in [0.25, 0.3) is 22.2 Å². The van der Waals surface area contributed by atoms with Crippen LogP contribution in [0.15, 0.2) is 24.5 Å². The third-order valence-corrected chi connectivity index (χ3v) is 6.71. The highest BCUT2D eigenvalue weighted by Crippen LogP contribution is 2.46. The van der Waals surface area contributed by atoms with E-state index in [9.17, 15) is 4.79 Å². The Hall–Kier alpha value is -3.01. The van der Waals surface area contributed by atoms with E-state index in [1.165, 1.54) is 0 Å². The minimum absolute atomic E-state index is 0.229. The number of aromatic nitrogens is 3. The zero-order valence-electron chi connectivity index (χ0n) is 17.8. The Kier molecular flexibility index (Phi) is 4.63. The topological polar surface area (TPSA) is 96.7 Å². The second-order valence-corrected chi connectivity index (χ2v) is 8.44. The molecule has 2 fully saturated rings. The lowest BCUT2D eigenvalue weighted by atomic mass is 9.95. The zero-order chi connectivity index (χ0) is 21.7. The summed E-state index contributed by atoms with van der Waals surface area (Å²) in [7, 11) is 1.67. The number of hydrogen-bond donors (Lipinski definition) is 1. The van der Waals surface area contributed by atoms with Gasteiger partial charge in [-0.1, -0.05) is 0 Å². The third kappa shape index (κ3) is 2.92. The molecule has 1 amide bonds. The van der Waals surface area contributed by atoms with Gasteiger partial charge in [-0.25, -0.2) is 9.97 Å². The molecule has 2 atom stereocenters. The van der Waals surface area contributed by atoms with Crippen molar-refractivity contribution >= 4 is 23.1 Å². The molecular formula is C23H24N4O5. The van der Waals surface area contributed by atoms with Crippen molar-refractivity contribution < 1.29 is 23.7 Å². The molecule has 3 aromatic heterocycles. The Morgan fingerprint density at radius 3 is 3.00 bits per heavy atom. The van der Waals surface area contributed by atoms with E-state index in [-0.39, 0.29) is 6.04 Å². The van der Waals surface area contributed by atoms with Gasteiger partial charge >= 0.3 is 0 Å². The van der Waals surface area contributed by atoms with Crippen LogP contribution in [0, 0.1) is 0 Å². The molecule has 32 heavy (non-hydrogen) atoms. The van der Waals surface area contributed by atoms with E-state index in [1.807, 2.05) is 12.1 Å². The number of anilines is 1. The fourth-order valence-electron chi connectivity index (χ4n) is 5.04. The molecule has 0 aromatic carbocycles. The minimum Gasteiger partial charge on any atom is -0.496 e. The fourth-order valence-corrected chi connectivity index (χ4v) is 5.04. The van der Waals surface area contributed by atoms with Gasteiger partial charge in [-0.3, -0.25) is 4.79 Å². The lowest BCUT2D eigenvalue weighted by Gasteiger charge is -2.21. The highest BCUT2D eigenvalue weighted by Gasteiger charge is 2.46. The van der Waals surface area contributed by atoms with E-state index in [2.05, 4.69) is 21.1 Å². The quantitative estimate of drug-likeness (QED) is 0.615. The van der Waals surface area contributed by atoms with E-state index < -0.39 is 5.60 Å².